The Balaban J connectivity index is 2.05. The number of rotatable bonds is 3. The normalized spacial score (nSPS) is 10.4. The van der Waals surface area contributed by atoms with Crippen LogP contribution in [0.4, 0.5) is 0 Å². The zero-order valence-electron chi connectivity index (χ0n) is 10.2. The van der Waals surface area contributed by atoms with Gasteiger partial charge in [-0.2, -0.15) is 0 Å². The average molecular weight is 309 g/mol. The summed E-state index contributed by atoms with van der Waals surface area (Å²) >= 11 is 3.35. The van der Waals surface area contributed by atoms with Crippen molar-refractivity contribution in [1.82, 2.24) is 10.3 Å². The SMILES string of the molecule is Cc1cnc(CNC(=O)c2cc(Br)ccc2C)o1. The number of amides is 1. The maximum absolute atomic E-state index is 12.0. The fourth-order valence-corrected chi connectivity index (χ4v) is 1.93. The Hall–Kier alpha value is -1.62. The molecular weight excluding hydrogens is 296 g/mol. The molecule has 0 spiro atoms. The van der Waals surface area contributed by atoms with Crippen LogP contribution in [0.2, 0.25) is 0 Å². The zero-order chi connectivity index (χ0) is 13.1. The molecule has 0 bridgehead atoms. The highest BCUT2D eigenvalue weighted by atomic mass is 79.9. The first-order chi connectivity index (χ1) is 8.56. The Bertz CT molecular complexity index is 578. The molecule has 4 nitrogen and oxygen atoms in total. The first-order valence-corrected chi connectivity index (χ1v) is 6.31. The molecule has 2 aromatic rings. The highest BCUT2D eigenvalue weighted by molar-refractivity contribution is 9.10. The largest absolute Gasteiger partial charge is 0.444 e. The Morgan fingerprint density at radius 3 is 2.89 bits per heavy atom. The van der Waals surface area contributed by atoms with Crippen molar-refractivity contribution in [2.75, 3.05) is 0 Å². The minimum absolute atomic E-state index is 0.135. The third-order valence-electron chi connectivity index (χ3n) is 2.51. The molecule has 0 aliphatic heterocycles. The van der Waals surface area contributed by atoms with Crippen molar-refractivity contribution in [1.29, 1.82) is 0 Å². The van der Waals surface area contributed by atoms with Crippen molar-refractivity contribution in [3.63, 3.8) is 0 Å². The molecule has 1 aromatic carbocycles. The number of benzene rings is 1. The van der Waals surface area contributed by atoms with Crippen LogP contribution < -0.4 is 5.32 Å². The lowest BCUT2D eigenvalue weighted by molar-refractivity contribution is 0.0946. The molecule has 1 aromatic heterocycles. The summed E-state index contributed by atoms with van der Waals surface area (Å²) < 4.78 is 6.17. The number of hydrogen-bond acceptors (Lipinski definition) is 3. The van der Waals surface area contributed by atoms with Crippen molar-refractivity contribution in [2.24, 2.45) is 0 Å². The van der Waals surface area contributed by atoms with Gasteiger partial charge in [-0.15, -0.1) is 0 Å². The number of aromatic nitrogens is 1. The first-order valence-electron chi connectivity index (χ1n) is 5.52. The van der Waals surface area contributed by atoms with E-state index in [0.29, 0.717) is 18.0 Å². The van der Waals surface area contributed by atoms with E-state index in [-0.39, 0.29) is 5.91 Å². The average Bonchev–Trinajstić information content (AvgIpc) is 2.75. The summed E-state index contributed by atoms with van der Waals surface area (Å²) in [5, 5.41) is 2.78. The van der Waals surface area contributed by atoms with Gasteiger partial charge in [-0.3, -0.25) is 4.79 Å². The van der Waals surface area contributed by atoms with Gasteiger partial charge in [-0.1, -0.05) is 22.0 Å². The highest BCUT2D eigenvalue weighted by Gasteiger charge is 2.10. The van der Waals surface area contributed by atoms with E-state index in [0.717, 1.165) is 15.8 Å². The van der Waals surface area contributed by atoms with Crippen LogP contribution in [-0.2, 0) is 6.54 Å². The molecule has 0 saturated carbocycles. The van der Waals surface area contributed by atoms with Gasteiger partial charge in [0.2, 0.25) is 5.89 Å². The third-order valence-corrected chi connectivity index (χ3v) is 3.01. The van der Waals surface area contributed by atoms with Crippen molar-refractivity contribution < 1.29 is 9.21 Å². The number of nitrogens with one attached hydrogen (secondary N) is 1. The lowest BCUT2D eigenvalue weighted by Gasteiger charge is -2.06. The van der Waals surface area contributed by atoms with E-state index in [1.54, 1.807) is 12.3 Å². The van der Waals surface area contributed by atoms with Gasteiger partial charge < -0.3 is 9.73 Å². The topological polar surface area (TPSA) is 55.1 Å². The van der Waals surface area contributed by atoms with Crippen LogP contribution in [0.15, 0.2) is 33.3 Å². The number of oxazole rings is 1. The Morgan fingerprint density at radius 1 is 1.44 bits per heavy atom. The molecule has 0 radical (unpaired) electrons. The number of hydrogen-bond donors (Lipinski definition) is 1. The molecule has 0 aliphatic rings. The molecule has 5 heteroatoms. The van der Waals surface area contributed by atoms with Gasteiger partial charge in [-0.25, -0.2) is 4.98 Å². The van der Waals surface area contributed by atoms with E-state index in [4.69, 9.17) is 4.42 Å². The second-order valence-corrected chi connectivity index (χ2v) is 4.92. The van der Waals surface area contributed by atoms with Crippen molar-refractivity contribution >= 4 is 21.8 Å². The molecule has 1 N–H and O–H groups in total. The molecule has 0 saturated heterocycles. The summed E-state index contributed by atoms with van der Waals surface area (Å²) in [5.41, 5.74) is 1.58. The van der Waals surface area contributed by atoms with Crippen LogP contribution in [0.1, 0.15) is 27.6 Å². The van der Waals surface area contributed by atoms with Crippen LogP contribution in [0.5, 0.6) is 0 Å². The predicted octanol–water partition coefficient (Wildman–Crippen LogP) is 2.98. The molecule has 18 heavy (non-hydrogen) atoms. The van der Waals surface area contributed by atoms with Crippen LogP contribution in [0.3, 0.4) is 0 Å². The molecule has 0 aliphatic carbocycles. The molecule has 0 fully saturated rings. The van der Waals surface area contributed by atoms with E-state index in [2.05, 4.69) is 26.2 Å². The van der Waals surface area contributed by atoms with Crippen LogP contribution in [-0.4, -0.2) is 10.9 Å². The molecule has 1 amide bonds. The summed E-state index contributed by atoms with van der Waals surface area (Å²) in [6.07, 6.45) is 1.63. The van der Waals surface area contributed by atoms with E-state index >= 15 is 0 Å². The van der Waals surface area contributed by atoms with Gasteiger partial charge in [0.05, 0.1) is 12.7 Å². The van der Waals surface area contributed by atoms with Crippen LogP contribution in [0.25, 0.3) is 0 Å². The van der Waals surface area contributed by atoms with Crippen LogP contribution >= 0.6 is 15.9 Å². The molecule has 94 valence electrons. The van der Waals surface area contributed by atoms with Crippen molar-refractivity contribution in [3.8, 4) is 0 Å². The monoisotopic (exact) mass is 308 g/mol. The summed E-state index contributed by atoms with van der Waals surface area (Å²) in [6.45, 7) is 4.01. The summed E-state index contributed by atoms with van der Waals surface area (Å²) in [6, 6.07) is 5.60. The fraction of sp³-hybridized carbons (Fsp3) is 0.231. The second kappa shape index (κ2) is 5.35. The third kappa shape index (κ3) is 2.98. The Labute approximate surface area is 114 Å². The maximum Gasteiger partial charge on any atom is 0.252 e. The number of nitrogens with zero attached hydrogens (tertiary/aromatic N) is 1. The molecule has 0 atom stereocenters. The smallest absolute Gasteiger partial charge is 0.252 e. The quantitative estimate of drug-likeness (QED) is 0.948. The highest BCUT2D eigenvalue weighted by Crippen LogP contribution is 2.16. The minimum Gasteiger partial charge on any atom is -0.444 e. The minimum atomic E-state index is -0.135. The van der Waals surface area contributed by atoms with Gasteiger partial charge in [-0.05, 0) is 31.5 Å². The van der Waals surface area contributed by atoms with Gasteiger partial charge in [0.15, 0.2) is 0 Å². The first kappa shape index (κ1) is 12.8. The van der Waals surface area contributed by atoms with Gasteiger partial charge >= 0.3 is 0 Å². The zero-order valence-corrected chi connectivity index (χ0v) is 11.7. The summed E-state index contributed by atoms with van der Waals surface area (Å²) in [4.78, 5) is 16.0. The van der Waals surface area contributed by atoms with Crippen molar-refractivity contribution in [3.05, 3.63) is 51.6 Å². The summed E-state index contributed by atoms with van der Waals surface area (Å²) in [5.74, 6) is 1.11. The molecular formula is C13H13BrN2O2. The molecule has 2 rings (SSSR count). The van der Waals surface area contributed by atoms with E-state index < -0.39 is 0 Å². The number of halogens is 1. The van der Waals surface area contributed by atoms with Crippen molar-refractivity contribution in [2.45, 2.75) is 20.4 Å². The van der Waals surface area contributed by atoms with E-state index in [1.165, 1.54) is 0 Å². The Kier molecular flexibility index (Phi) is 3.81. The van der Waals surface area contributed by atoms with E-state index in [9.17, 15) is 4.79 Å². The maximum atomic E-state index is 12.0. The number of carbonyl (C=O) groups is 1. The summed E-state index contributed by atoms with van der Waals surface area (Å²) in [7, 11) is 0. The predicted molar refractivity (Wildman–Crippen MR) is 71.3 cm³/mol. The molecule has 1 heterocycles. The van der Waals surface area contributed by atoms with Crippen LogP contribution in [0, 0.1) is 13.8 Å². The number of carbonyl (C=O) groups excluding carboxylic acids is 1. The standard InChI is InChI=1S/C13H13BrN2O2/c1-8-3-4-10(14)5-11(8)13(17)16-7-12-15-6-9(2)18-12/h3-6H,7H2,1-2H3,(H,16,17). The van der Waals surface area contributed by atoms with Gasteiger partial charge in [0.1, 0.15) is 5.76 Å². The second-order valence-electron chi connectivity index (χ2n) is 4.01. The number of aryl methyl sites for hydroxylation is 2. The lowest BCUT2D eigenvalue weighted by atomic mass is 10.1. The van der Waals surface area contributed by atoms with Gasteiger partial charge in [0.25, 0.3) is 5.91 Å². The fourth-order valence-electron chi connectivity index (χ4n) is 1.57. The van der Waals surface area contributed by atoms with E-state index in [1.807, 2.05) is 26.0 Å². The lowest BCUT2D eigenvalue weighted by Crippen LogP contribution is -2.23. The Morgan fingerprint density at radius 2 is 2.22 bits per heavy atom. The molecule has 0 unspecified atom stereocenters. The van der Waals surface area contributed by atoms with Gasteiger partial charge in [0, 0.05) is 10.0 Å².